The summed E-state index contributed by atoms with van der Waals surface area (Å²) in [5, 5.41) is 23.6. The Morgan fingerprint density at radius 3 is 2.86 bits per heavy atom. The lowest BCUT2D eigenvalue weighted by Crippen LogP contribution is -2.74. The monoisotopic (exact) mass is 529 g/mol. The molecule has 2 bridgehead atoms. The van der Waals surface area contributed by atoms with Gasteiger partial charge in [-0.25, -0.2) is 0 Å². The summed E-state index contributed by atoms with van der Waals surface area (Å²) >= 11 is 3.95. The number of thiol groups is 1. The molecule has 0 aromatic heterocycles. The van der Waals surface area contributed by atoms with Gasteiger partial charge in [-0.15, -0.1) is 0 Å². The lowest BCUT2D eigenvalue weighted by atomic mass is 9.50. The molecule has 3 N–H and O–H groups in total. The number of ketones is 1. The first-order valence-corrected chi connectivity index (χ1v) is 13.2. The van der Waals surface area contributed by atoms with Gasteiger partial charge in [-0.2, -0.15) is 0 Å². The summed E-state index contributed by atoms with van der Waals surface area (Å²) in [5.41, 5.74) is -0.676. The molecule has 2 aliphatic carbocycles. The number of Topliss-reactive ketones (excluding diaryl/α,β-unsaturated/α-hetero) is 1. The molecule has 0 radical (unpaired) electrons. The van der Waals surface area contributed by atoms with Crippen LogP contribution in [0.5, 0.6) is 11.5 Å². The van der Waals surface area contributed by atoms with E-state index in [4.69, 9.17) is 9.47 Å². The first kappa shape index (κ1) is 24.7. The van der Waals surface area contributed by atoms with Gasteiger partial charge in [-0.3, -0.25) is 24.0 Å². The highest BCUT2D eigenvalue weighted by Gasteiger charge is 2.72. The molecule has 11 heteroatoms. The van der Waals surface area contributed by atoms with Crippen LogP contribution in [0.15, 0.2) is 24.4 Å². The Morgan fingerprint density at radius 2 is 2.11 bits per heavy atom. The van der Waals surface area contributed by atoms with Gasteiger partial charge in [-0.05, 0) is 37.1 Å². The summed E-state index contributed by atoms with van der Waals surface area (Å²) in [7, 11) is 1.55. The number of benzene rings is 1. The number of rotatable bonds is 8. The van der Waals surface area contributed by atoms with Crippen LogP contribution in [0.25, 0.3) is 0 Å². The van der Waals surface area contributed by atoms with Gasteiger partial charge >= 0.3 is 0 Å². The molecule has 1 saturated carbocycles. The van der Waals surface area contributed by atoms with E-state index in [9.17, 15) is 24.6 Å². The number of hydrogen-bond acceptors (Lipinski definition) is 10. The van der Waals surface area contributed by atoms with Gasteiger partial charge in [0.2, 0.25) is 11.8 Å². The van der Waals surface area contributed by atoms with Crippen molar-refractivity contribution in [2.45, 2.75) is 67.9 Å². The molecule has 1 aromatic rings. The number of aliphatic hydroxyl groups excluding tert-OH is 1. The number of nitrogens with one attached hydrogen (secondary N) is 1. The number of amides is 2. The van der Waals surface area contributed by atoms with Crippen LogP contribution in [-0.4, -0.2) is 81.8 Å². The molecule has 1 spiro atoms. The zero-order valence-corrected chi connectivity index (χ0v) is 21.4. The molecule has 10 nitrogen and oxygen atoms in total. The standard InChI is InChI=1S/C26H31N3O7S/c1-35-17-3-2-14-12-18-26(34)7-4-16(30)23-25(26,21(14)22(17)36-23)8-11-28(18)19(31)6-10-29-20(32)13-15(24(29)33)5-9-27-37/h2-3,8,11,15,18-19,23,27,31,34,37H,4-7,9-10,12-13H2,1H3/t15?,18-,19?,23+,25+,26-/m1/s1. The third-order valence-electron chi connectivity index (χ3n) is 8.98. The van der Waals surface area contributed by atoms with Crippen molar-refractivity contribution in [1.29, 1.82) is 0 Å². The highest BCUT2D eigenvalue weighted by atomic mass is 32.1. The molecule has 37 heavy (non-hydrogen) atoms. The van der Waals surface area contributed by atoms with Crippen LogP contribution in [0.1, 0.15) is 43.2 Å². The second-order valence-corrected chi connectivity index (χ2v) is 10.9. The van der Waals surface area contributed by atoms with Crippen molar-refractivity contribution in [2.24, 2.45) is 5.92 Å². The molecular weight excluding hydrogens is 498 g/mol. The van der Waals surface area contributed by atoms with Crippen molar-refractivity contribution in [3.8, 4) is 11.5 Å². The van der Waals surface area contributed by atoms with Gasteiger partial charge in [0.05, 0.1) is 18.6 Å². The highest BCUT2D eigenvalue weighted by molar-refractivity contribution is 7.78. The van der Waals surface area contributed by atoms with Gasteiger partial charge in [0.25, 0.3) is 0 Å². The Kier molecular flexibility index (Phi) is 5.83. The van der Waals surface area contributed by atoms with Crippen LogP contribution in [0, 0.1) is 5.92 Å². The smallest absolute Gasteiger partial charge is 0.232 e. The quantitative estimate of drug-likeness (QED) is 0.280. The van der Waals surface area contributed by atoms with E-state index in [0.29, 0.717) is 30.9 Å². The third kappa shape index (κ3) is 3.27. The van der Waals surface area contributed by atoms with Crippen molar-refractivity contribution in [2.75, 3.05) is 20.2 Å². The molecule has 3 heterocycles. The summed E-state index contributed by atoms with van der Waals surface area (Å²) in [6.07, 6.45) is 3.31. The second-order valence-electron chi connectivity index (χ2n) is 10.6. The summed E-state index contributed by atoms with van der Waals surface area (Å²) < 4.78 is 14.4. The van der Waals surface area contributed by atoms with Crippen LogP contribution >= 0.6 is 12.8 Å². The number of imide groups is 1. The van der Waals surface area contributed by atoms with Crippen LogP contribution in [0.4, 0.5) is 0 Å². The maximum atomic E-state index is 13.0. The Morgan fingerprint density at radius 1 is 1.30 bits per heavy atom. The van der Waals surface area contributed by atoms with Crippen molar-refractivity contribution >= 4 is 30.4 Å². The third-order valence-corrected chi connectivity index (χ3v) is 9.21. The topological polar surface area (TPSA) is 129 Å². The van der Waals surface area contributed by atoms with E-state index in [2.05, 4.69) is 17.5 Å². The number of ether oxygens (including phenoxy) is 2. The number of carbonyl (C=O) groups excluding carboxylic acids is 3. The minimum absolute atomic E-state index is 0.0677. The first-order valence-electron chi connectivity index (χ1n) is 12.7. The largest absolute Gasteiger partial charge is 0.493 e. The number of methoxy groups -OCH3 is 1. The van der Waals surface area contributed by atoms with E-state index in [0.717, 1.165) is 11.1 Å². The fraction of sp³-hybridized carbons (Fsp3) is 0.577. The summed E-state index contributed by atoms with van der Waals surface area (Å²) in [4.78, 5) is 41.2. The minimum atomic E-state index is -1.35. The van der Waals surface area contributed by atoms with Gasteiger partial charge < -0.3 is 24.6 Å². The molecule has 3 aliphatic heterocycles. The molecule has 1 saturated heterocycles. The molecule has 6 rings (SSSR count). The number of carbonyl (C=O) groups is 3. The zero-order valence-electron chi connectivity index (χ0n) is 20.6. The van der Waals surface area contributed by atoms with E-state index in [1.165, 1.54) is 4.90 Å². The first-order chi connectivity index (χ1) is 17.8. The zero-order chi connectivity index (χ0) is 26.1. The average molecular weight is 530 g/mol. The SMILES string of the molecule is COc1ccc2c3c1O[C@H]1C(=O)CC[C@@]4(O)[C@@H](C2)N(C(O)CCN2C(=O)CC(CCNS)C2=O)C=C[C@]314. The summed E-state index contributed by atoms with van der Waals surface area (Å²) in [6, 6.07) is 3.22. The Labute approximate surface area is 220 Å². The van der Waals surface area contributed by atoms with E-state index in [-0.39, 0.29) is 55.7 Å². The molecule has 2 fully saturated rings. The highest BCUT2D eigenvalue weighted by Crippen LogP contribution is 2.64. The lowest BCUT2D eigenvalue weighted by molar-refractivity contribution is -0.174. The normalized spacial score (nSPS) is 34.1. The van der Waals surface area contributed by atoms with Crippen LogP contribution < -0.4 is 14.2 Å². The van der Waals surface area contributed by atoms with E-state index < -0.39 is 29.4 Å². The van der Waals surface area contributed by atoms with Crippen LogP contribution in [0.2, 0.25) is 0 Å². The Hall–Kier alpha value is -2.60. The molecular formula is C26H31N3O7S. The van der Waals surface area contributed by atoms with Crippen molar-refractivity contribution in [1.82, 2.24) is 14.5 Å². The van der Waals surface area contributed by atoms with Crippen LogP contribution in [0.3, 0.4) is 0 Å². The van der Waals surface area contributed by atoms with Crippen molar-refractivity contribution in [3.63, 3.8) is 0 Å². The van der Waals surface area contributed by atoms with Gasteiger partial charge in [0.15, 0.2) is 23.4 Å². The van der Waals surface area contributed by atoms with Gasteiger partial charge in [0.1, 0.15) is 11.8 Å². The molecule has 1 aromatic carbocycles. The van der Waals surface area contributed by atoms with E-state index in [1.54, 1.807) is 24.3 Å². The summed E-state index contributed by atoms with van der Waals surface area (Å²) in [6.45, 7) is 0.610. The molecule has 2 amide bonds. The van der Waals surface area contributed by atoms with E-state index in [1.807, 2.05) is 12.1 Å². The Balaban J connectivity index is 1.28. The van der Waals surface area contributed by atoms with Crippen molar-refractivity contribution < 1.29 is 34.1 Å². The summed E-state index contributed by atoms with van der Waals surface area (Å²) in [5.74, 6) is 0.122. The number of nitrogens with zero attached hydrogens (tertiary/aromatic N) is 2. The second kappa shape index (κ2) is 8.72. The number of aliphatic hydroxyl groups is 2. The fourth-order valence-corrected chi connectivity index (χ4v) is 7.34. The predicted molar refractivity (Wildman–Crippen MR) is 134 cm³/mol. The lowest BCUT2D eigenvalue weighted by Gasteiger charge is -2.60. The van der Waals surface area contributed by atoms with Crippen molar-refractivity contribution in [3.05, 3.63) is 35.5 Å². The molecule has 2 unspecified atom stereocenters. The maximum Gasteiger partial charge on any atom is 0.232 e. The Bertz CT molecular complexity index is 1210. The van der Waals surface area contributed by atoms with Gasteiger partial charge in [-0.1, -0.05) is 25.0 Å². The molecule has 5 aliphatic rings. The number of likely N-dealkylation sites (tertiary alicyclic amines) is 1. The fourth-order valence-electron chi connectivity index (χ4n) is 7.21. The van der Waals surface area contributed by atoms with Crippen LogP contribution in [-0.2, 0) is 26.2 Å². The minimum Gasteiger partial charge on any atom is -0.493 e. The van der Waals surface area contributed by atoms with E-state index >= 15 is 0 Å². The average Bonchev–Trinajstić information content (AvgIpc) is 3.37. The predicted octanol–water partition coefficient (Wildman–Crippen LogP) is 0.450. The molecule has 6 atom stereocenters. The van der Waals surface area contributed by atoms with Gasteiger partial charge in [0, 0.05) is 43.8 Å². The number of hydrogen-bond donors (Lipinski definition) is 4. The molecule has 198 valence electrons. The maximum absolute atomic E-state index is 13.0.